The number of ether oxygens (including phenoxy) is 2. The van der Waals surface area contributed by atoms with Gasteiger partial charge in [0.05, 0.1) is 18.9 Å². The van der Waals surface area contributed by atoms with Gasteiger partial charge in [0.1, 0.15) is 6.61 Å². The highest BCUT2D eigenvalue weighted by atomic mass is 16.5. The first-order chi connectivity index (χ1) is 7.20. The maximum absolute atomic E-state index is 11.2. The number of esters is 1. The molecule has 0 saturated heterocycles. The molecule has 0 N–H and O–H groups in total. The number of carbonyl (C=O) groups excluding carboxylic acids is 1. The van der Waals surface area contributed by atoms with Gasteiger partial charge in [-0.1, -0.05) is 26.8 Å². The van der Waals surface area contributed by atoms with Crippen molar-refractivity contribution in [3.8, 4) is 0 Å². The van der Waals surface area contributed by atoms with Crippen molar-refractivity contribution in [3.05, 3.63) is 23.5 Å². The first-order valence-electron chi connectivity index (χ1n) is 5.25. The molecule has 0 aliphatic carbocycles. The maximum Gasteiger partial charge on any atom is 0.337 e. The summed E-state index contributed by atoms with van der Waals surface area (Å²) in [5.74, 6) is -0.210. The predicted molar refractivity (Wildman–Crippen MR) is 60.3 cm³/mol. The van der Waals surface area contributed by atoms with Crippen LogP contribution in [-0.2, 0) is 14.3 Å². The molecule has 1 aliphatic rings. The van der Waals surface area contributed by atoms with Crippen LogP contribution in [0.2, 0.25) is 0 Å². The van der Waals surface area contributed by atoms with Crippen molar-refractivity contribution in [2.75, 3.05) is 13.7 Å². The summed E-state index contributed by atoms with van der Waals surface area (Å²) in [7, 11) is 1.37. The van der Waals surface area contributed by atoms with E-state index in [2.05, 4.69) is 4.74 Å². The summed E-state index contributed by atoms with van der Waals surface area (Å²) in [6.07, 6.45) is 3.46. The van der Waals surface area contributed by atoms with E-state index in [0.29, 0.717) is 12.2 Å². The minimum atomic E-state index is -0.313. The summed E-state index contributed by atoms with van der Waals surface area (Å²) in [6.45, 7) is 8.48. The zero-order valence-electron chi connectivity index (χ0n) is 10.2. The van der Waals surface area contributed by atoms with Gasteiger partial charge in [-0.05, 0) is 12.5 Å². The van der Waals surface area contributed by atoms with E-state index in [1.165, 1.54) is 13.4 Å². The fourth-order valence-electron chi connectivity index (χ4n) is 1.33. The SMILES string of the molecule is C/C=C1/COC=C(C(=O)OC)C1C.CC. The minimum absolute atomic E-state index is 0.103. The van der Waals surface area contributed by atoms with E-state index < -0.39 is 0 Å². The van der Waals surface area contributed by atoms with E-state index in [1.54, 1.807) is 0 Å². The second-order valence-corrected chi connectivity index (χ2v) is 2.96. The number of hydrogen-bond donors (Lipinski definition) is 0. The Morgan fingerprint density at radius 2 is 2.20 bits per heavy atom. The summed E-state index contributed by atoms with van der Waals surface area (Å²) in [6, 6.07) is 0. The fraction of sp³-hybridized carbons (Fsp3) is 0.583. The Kier molecular flexibility index (Phi) is 6.50. The second-order valence-electron chi connectivity index (χ2n) is 2.96. The van der Waals surface area contributed by atoms with E-state index in [9.17, 15) is 4.79 Å². The average Bonchev–Trinajstić information content (AvgIpc) is 2.31. The van der Waals surface area contributed by atoms with E-state index >= 15 is 0 Å². The van der Waals surface area contributed by atoms with Gasteiger partial charge in [-0.3, -0.25) is 0 Å². The zero-order chi connectivity index (χ0) is 11.8. The highest BCUT2D eigenvalue weighted by Gasteiger charge is 2.24. The maximum atomic E-state index is 11.2. The molecule has 0 radical (unpaired) electrons. The fourth-order valence-corrected chi connectivity index (χ4v) is 1.33. The normalized spacial score (nSPS) is 22.1. The highest BCUT2D eigenvalue weighted by molar-refractivity contribution is 5.89. The molecule has 15 heavy (non-hydrogen) atoms. The highest BCUT2D eigenvalue weighted by Crippen LogP contribution is 2.25. The lowest BCUT2D eigenvalue weighted by molar-refractivity contribution is -0.136. The van der Waals surface area contributed by atoms with Crippen LogP contribution in [-0.4, -0.2) is 19.7 Å². The predicted octanol–water partition coefficient (Wildman–Crippen LogP) is 2.68. The van der Waals surface area contributed by atoms with E-state index in [-0.39, 0.29) is 11.9 Å². The van der Waals surface area contributed by atoms with Crippen molar-refractivity contribution >= 4 is 5.97 Å². The van der Waals surface area contributed by atoms with Crippen LogP contribution in [0.15, 0.2) is 23.5 Å². The molecule has 1 unspecified atom stereocenters. The topological polar surface area (TPSA) is 35.5 Å². The summed E-state index contributed by atoms with van der Waals surface area (Å²) in [5, 5.41) is 0. The Bertz CT molecular complexity index is 264. The number of carbonyl (C=O) groups is 1. The zero-order valence-corrected chi connectivity index (χ0v) is 10.2. The van der Waals surface area contributed by atoms with Crippen LogP contribution in [0.5, 0.6) is 0 Å². The summed E-state index contributed by atoms with van der Waals surface area (Å²) in [5.41, 5.74) is 1.70. The molecule has 1 aliphatic heterocycles. The van der Waals surface area contributed by atoms with Gasteiger partial charge in [0.2, 0.25) is 0 Å². The third-order valence-corrected chi connectivity index (χ3v) is 2.27. The standard InChI is InChI=1S/C10H14O3.C2H6/c1-4-8-5-13-6-9(7(8)2)10(11)12-3;1-2/h4,6-7H,5H2,1-3H3;1-2H3/b8-4-;. The Morgan fingerprint density at radius 1 is 1.60 bits per heavy atom. The van der Waals surface area contributed by atoms with E-state index in [0.717, 1.165) is 5.57 Å². The molecule has 0 spiro atoms. The summed E-state index contributed by atoms with van der Waals surface area (Å²) < 4.78 is 9.79. The van der Waals surface area contributed by atoms with Crippen molar-refractivity contribution < 1.29 is 14.3 Å². The molecule has 0 bridgehead atoms. The molecular weight excluding hydrogens is 192 g/mol. The largest absolute Gasteiger partial charge is 0.496 e. The lowest BCUT2D eigenvalue weighted by Crippen LogP contribution is -2.20. The third kappa shape index (κ3) is 3.42. The van der Waals surface area contributed by atoms with Crippen LogP contribution in [0, 0.1) is 5.92 Å². The average molecular weight is 212 g/mol. The number of hydrogen-bond acceptors (Lipinski definition) is 3. The van der Waals surface area contributed by atoms with Crippen LogP contribution < -0.4 is 0 Å². The molecule has 1 rings (SSSR count). The Morgan fingerprint density at radius 3 is 2.67 bits per heavy atom. The minimum Gasteiger partial charge on any atom is -0.496 e. The third-order valence-electron chi connectivity index (χ3n) is 2.27. The van der Waals surface area contributed by atoms with Crippen LogP contribution in [0.1, 0.15) is 27.7 Å². The lowest BCUT2D eigenvalue weighted by Gasteiger charge is -2.22. The van der Waals surface area contributed by atoms with Crippen molar-refractivity contribution in [2.45, 2.75) is 27.7 Å². The molecule has 0 aromatic carbocycles. The quantitative estimate of drug-likeness (QED) is 0.495. The van der Waals surface area contributed by atoms with Gasteiger partial charge < -0.3 is 9.47 Å². The van der Waals surface area contributed by atoms with Crippen LogP contribution >= 0.6 is 0 Å². The lowest BCUT2D eigenvalue weighted by atomic mass is 9.92. The van der Waals surface area contributed by atoms with Gasteiger partial charge in [-0.25, -0.2) is 4.79 Å². The van der Waals surface area contributed by atoms with Crippen molar-refractivity contribution in [3.63, 3.8) is 0 Å². The molecule has 0 aromatic rings. The molecule has 0 saturated carbocycles. The second kappa shape index (κ2) is 7.10. The molecule has 3 heteroatoms. The molecule has 1 atom stereocenters. The molecular formula is C12H20O3. The van der Waals surface area contributed by atoms with Gasteiger partial charge in [0.25, 0.3) is 0 Å². The molecule has 0 fully saturated rings. The number of methoxy groups -OCH3 is 1. The van der Waals surface area contributed by atoms with Crippen LogP contribution in [0.4, 0.5) is 0 Å². The van der Waals surface area contributed by atoms with Gasteiger partial charge in [0.15, 0.2) is 0 Å². The monoisotopic (exact) mass is 212 g/mol. The van der Waals surface area contributed by atoms with Gasteiger partial charge in [-0.2, -0.15) is 0 Å². The molecule has 1 heterocycles. The van der Waals surface area contributed by atoms with E-state index in [1.807, 2.05) is 33.8 Å². The van der Waals surface area contributed by atoms with Crippen LogP contribution in [0.25, 0.3) is 0 Å². The van der Waals surface area contributed by atoms with Gasteiger partial charge in [0, 0.05) is 5.92 Å². The summed E-state index contributed by atoms with van der Waals surface area (Å²) in [4.78, 5) is 11.2. The first-order valence-corrected chi connectivity index (χ1v) is 5.25. The Labute approximate surface area is 91.8 Å². The molecule has 0 aromatic heterocycles. The molecule has 3 nitrogen and oxygen atoms in total. The molecule has 86 valence electrons. The number of allylic oxidation sites excluding steroid dienone is 1. The van der Waals surface area contributed by atoms with Gasteiger partial charge >= 0.3 is 5.97 Å². The summed E-state index contributed by atoms with van der Waals surface area (Å²) >= 11 is 0. The van der Waals surface area contributed by atoms with Crippen molar-refractivity contribution in [2.24, 2.45) is 5.92 Å². The van der Waals surface area contributed by atoms with Crippen LogP contribution in [0.3, 0.4) is 0 Å². The van der Waals surface area contributed by atoms with Crippen molar-refractivity contribution in [1.82, 2.24) is 0 Å². The number of rotatable bonds is 1. The van der Waals surface area contributed by atoms with Gasteiger partial charge in [-0.15, -0.1) is 0 Å². The first kappa shape index (κ1) is 13.8. The molecule has 0 amide bonds. The van der Waals surface area contributed by atoms with Crippen molar-refractivity contribution in [1.29, 1.82) is 0 Å². The Hall–Kier alpha value is -1.25. The Balaban J connectivity index is 0.000000921. The van der Waals surface area contributed by atoms with E-state index in [4.69, 9.17) is 4.74 Å². The smallest absolute Gasteiger partial charge is 0.337 e.